The Morgan fingerprint density at radius 3 is 2.50 bits per heavy atom. The second-order valence-electron chi connectivity index (χ2n) is 6.39. The molecule has 0 unspecified atom stereocenters. The number of carbonyl (C=O) groups excluding carboxylic acids is 3. The lowest BCUT2D eigenvalue weighted by Crippen LogP contribution is -2.54. The highest BCUT2D eigenvalue weighted by molar-refractivity contribution is 7.80. The van der Waals surface area contributed by atoms with Crippen molar-refractivity contribution in [2.45, 2.75) is 31.3 Å². The van der Waals surface area contributed by atoms with Crippen molar-refractivity contribution in [2.24, 2.45) is 0 Å². The number of urea groups is 1. The number of carbonyl (C=O) groups is 3. The van der Waals surface area contributed by atoms with E-state index in [4.69, 9.17) is 4.55 Å². The zero-order valence-corrected chi connectivity index (χ0v) is 15.3. The molecule has 2 heterocycles. The van der Waals surface area contributed by atoms with Crippen LogP contribution in [0.2, 0.25) is 0 Å². The average Bonchev–Trinajstić information content (AvgIpc) is 2.85. The van der Waals surface area contributed by atoms with Crippen molar-refractivity contribution >= 4 is 28.2 Å². The molecule has 12 nitrogen and oxygen atoms in total. The van der Waals surface area contributed by atoms with Gasteiger partial charge in [-0.1, -0.05) is 12.1 Å². The molecule has 4 N–H and O–H groups in total. The summed E-state index contributed by atoms with van der Waals surface area (Å²) in [6.45, 7) is 0.0495. The van der Waals surface area contributed by atoms with Crippen molar-refractivity contribution in [2.75, 3.05) is 6.54 Å². The summed E-state index contributed by atoms with van der Waals surface area (Å²) in [5, 5.41) is 9.75. The van der Waals surface area contributed by atoms with Crippen LogP contribution in [-0.2, 0) is 30.7 Å². The third-order valence-electron chi connectivity index (χ3n) is 4.43. The van der Waals surface area contributed by atoms with Crippen molar-refractivity contribution < 1.29 is 36.7 Å². The largest absolute Gasteiger partial charge is 0.508 e. The van der Waals surface area contributed by atoms with Gasteiger partial charge in [-0.15, -0.1) is 4.28 Å². The second-order valence-corrected chi connectivity index (χ2v) is 7.40. The van der Waals surface area contributed by atoms with E-state index in [1.54, 1.807) is 12.1 Å². The Bertz CT molecular complexity index is 888. The molecule has 3 rings (SSSR count). The Labute approximate surface area is 159 Å². The van der Waals surface area contributed by atoms with Crippen LogP contribution < -0.4 is 10.9 Å². The van der Waals surface area contributed by atoms with Crippen molar-refractivity contribution in [3.8, 4) is 5.75 Å². The first-order chi connectivity index (χ1) is 13.1. The average molecular weight is 414 g/mol. The highest BCUT2D eigenvalue weighted by Gasteiger charge is 2.49. The molecule has 13 heteroatoms. The van der Waals surface area contributed by atoms with Gasteiger partial charge in [0.15, 0.2) is 0 Å². The maximum absolute atomic E-state index is 12.3. The number of hydrazine groups is 1. The van der Waals surface area contributed by atoms with Crippen LogP contribution in [0.1, 0.15) is 18.4 Å². The Kier molecular flexibility index (Phi) is 5.40. The SMILES string of the molecule is O=C(Cc1ccc(O)cc1)NNC(=O)[C@@H]1CC[C@H]2CN1C(=O)N2OS(=O)(=O)O. The van der Waals surface area contributed by atoms with E-state index in [0.29, 0.717) is 10.6 Å². The lowest BCUT2D eigenvalue weighted by atomic mass is 10.0. The number of nitrogens with one attached hydrogen (secondary N) is 2. The number of aromatic hydroxyl groups is 1. The van der Waals surface area contributed by atoms with E-state index in [1.807, 2.05) is 0 Å². The Balaban J connectivity index is 1.54. The third kappa shape index (κ3) is 4.49. The number of hydroxylamine groups is 2. The minimum Gasteiger partial charge on any atom is -0.508 e. The van der Waals surface area contributed by atoms with Crippen LogP contribution in [0.5, 0.6) is 5.75 Å². The Morgan fingerprint density at radius 1 is 1.18 bits per heavy atom. The third-order valence-corrected chi connectivity index (χ3v) is 4.78. The number of phenolic OH excluding ortho intramolecular Hbond substituents is 1. The molecule has 28 heavy (non-hydrogen) atoms. The monoisotopic (exact) mass is 414 g/mol. The van der Waals surface area contributed by atoms with Gasteiger partial charge in [-0.3, -0.25) is 25.0 Å². The molecule has 1 aromatic rings. The molecule has 2 aliphatic rings. The van der Waals surface area contributed by atoms with Crippen LogP contribution in [0.3, 0.4) is 0 Å². The Morgan fingerprint density at radius 2 is 1.86 bits per heavy atom. The van der Waals surface area contributed by atoms with Gasteiger partial charge in [0.05, 0.1) is 12.5 Å². The molecule has 2 bridgehead atoms. The molecule has 2 atom stereocenters. The fourth-order valence-corrected chi connectivity index (χ4v) is 3.55. The standard InChI is InChI=1S/C15H18N4O8S/c20-11-4-1-9(2-5-11)7-13(21)16-17-14(22)12-6-3-10-8-18(12)15(23)19(10)27-28(24,25)26/h1-2,4-5,10,12,20H,3,6-8H2,(H,16,21)(H,17,22)(H,24,25,26)/t10-,12-/m0/s1. The molecule has 2 fully saturated rings. The van der Waals surface area contributed by atoms with Gasteiger partial charge in [0.1, 0.15) is 11.8 Å². The number of nitrogens with zero attached hydrogens (tertiary/aromatic N) is 2. The summed E-state index contributed by atoms with van der Waals surface area (Å²) < 4.78 is 34.8. The molecule has 2 saturated heterocycles. The lowest BCUT2D eigenvalue weighted by molar-refractivity contribution is -0.131. The number of fused-ring (bicyclic) bond motifs is 2. The maximum atomic E-state index is 12.3. The fraction of sp³-hybridized carbons (Fsp3) is 0.400. The van der Waals surface area contributed by atoms with E-state index >= 15 is 0 Å². The molecule has 0 spiro atoms. The highest BCUT2D eigenvalue weighted by Crippen LogP contribution is 2.30. The predicted molar refractivity (Wildman–Crippen MR) is 91.5 cm³/mol. The summed E-state index contributed by atoms with van der Waals surface area (Å²) in [7, 11) is -4.87. The zero-order chi connectivity index (χ0) is 20.5. The quantitative estimate of drug-likeness (QED) is 0.355. The molecule has 0 aliphatic carbocycles. The van der Waals surface area contributed by atoms with Crippen molar-refractivity contribution in [1.29, 1.82) is 0 Å². The first kappa shape index (κ1) is 19.9. The van der Waals surface area contributed by atoms with E-state index in [2.05, 4.69) is 15.1 Å². The van der Waals surface area contributed by atoms with Crippen LogP contribution in [0.4, 0.5) is 4.79 Å². The summed E-state index contributed by atoms with van der Waals surface area (Å²) >= 11 is 0. The number of hydrogen-bond donors (Lipinski definition) is 4. The molecule has 4 amide bonds. The van der Waals surface area contributed by atoms with Crippen LogP contribution >= 0.6 is 0 Å². The zero-order valence-electron chi connectivity index (χ0n) is 14.4. The number of hydrogen-bond acceptors (Lipinski definition) is 7. The van der Waals surface area contributed by atoms with Crippen LogP contribution in [-0.4, -0.2) is 64.5 Å². The van der Waals surface area contributed by atoms with Crippen molar-refractivity contribution in [3.63, 3.8) is 0 Å². The van der Waals surface area contributed by atoms with Gasteiger partial charge in [0, 0.05) is 6.54 Å². The van der Waals surface area contributed by atoms with Gasteiger partial charge < -0.3 is 10.0 Å². The van der Waals surface area contributed by atoms with E-state index < -0.39 is 40.3 Å². The minimum absolute atomic E-state index is 0.0358. The molecular formula is C15H18N4O8S. The lowest BCUT2D eigenvalue weighted by Gasteiger charge is -2.29. The van der Waals surface area contributed by atoms with E-state index in [9.17, 15) is 27.9 Å². The Hall–Kier alpha value is -2.90. The van der Waals surface area contributed by atoms with Crippen LogP contribution in [0, 0.1) is 0 Å². The number of piperidine rings is 1. The molecular weight excluding hydrogens is 396 g/mol. The van der Waals surface area contributed by atoms with Gasteiger partial charge in [-0.25, -0.2) is 4.79 Å². The summed E-state index contributed by atoms with van der Waals surface area (Å²) in [5.74, 6) is -1.08. The number of amides is 4. The summed E-state index contributed by atoms with van der Waals surface area (Å²) in [6.07, 6.45) is 0.463. The molecule has 2 aliphatic heterocycles. The molecule has 0 saturated carbocycles. The van der Waals surface area contributed by atoms with Gasteiger partial charge in [0.25, 0.3) is 5.91 Å². The van der Waals surface area contributed by atoms with Crippen molar-refractivity contribution in [3.05, 3.63) is 29.8 Å². The van der Waals surface area contributed by atoms with Crippen LogP contribution in [0.15, 0.2) is 24.3 Å². The van der Waals surface area contributed by atoms with E-state index in [1.165, 1.54) is 12.1 Å². The molecule has 152 valence electrons. The number of phenols is 1. The number of rotatable bonds is 5. The summed E-state index contributed by atoms with van der Waals surface area (Å²) in [6, 6.07) is 3.58. The normalized spacial score (nSPS) is 21.5. The highest BCUT2D eigenvalue weighted by atomic mass is 32.3. The second kappa shape index (κ2) is 7.61. The summed E-state index contributed by atoms with van der Waals surface area (Å²) in [5.41, 5.74) is 5.11. The van der Waals surface area contributed by atoms with Gasteiger partial charge >= 0.3 is 16.4 Å². The van der Waals surface area contributed by atoms with Crippen LogP contribution in [0.25, 0.3) is 0 Å². The van der Waals surface area contributed by atoms with Gasteiger partial charge in [0.2, 0.25) is 5.91 Å². The molecule has 0 radical (unpaired) electrons. The fourth-order valence-electron chi connectivity index (χ4n) is 3.16. The maximum Gasteiger partial charge on any atom is 0.418 e. The summed E-state index contributed by atoms with van der Waals surface area (Å²) in [4.78, 5) is 37.6. The molecule has 1 aromatic carbocycles. The predicted octanol–water partition coefficient (Wildman–Crippen LogP) is -0.915. The van der Waals surface area contributed by atoms with E-state index in [0.717, 1.165) is 4.90 Å². The topological polar surface area (TPSA) is 166 Å². The van der Waals surface area contributed by atoms with Gasteiger partial charge in [-0.2, -0.15) is 13.5 Å². The number of benzene rings is 1. The van der Waals surface area contributed by atoms with Crippen molar-refractivity contribution in [1.82, 2.24) is 20.8 Å². The smallest absolute Gasteiger partial charge is 0.418 e. The first-order valence-corrected chi connectivity index (χ1v) is 9.64. The van der Waals surface area contributed by atoms with Gasteiger partial charge in [-0.05, 0) is 30.5 Å². The van der Waals surface area contributed by atoms with E-state index in [-0.39, 0.29) is 31.6 Å². The molecule has 0 aromatic heterocycles. The first-order valence-electron chi connectivity index (χ1n) is 8.27. The minimum atomic E-state index is -4.87.